The van der Waals surface area contributed by atoms with Gasteiger partial charge in [0.15, 0.2) is 0 Å². The van der Waals surface area contributed by atoms with Crippen molar-refractivity contribution in [1.82, 2.24) is 15.2 Å². The van der Waals surface area contributed by atoms with Gasteiger partial charge in [0.25, 0.3) is 0 Å². The van der Waals surface area contributed by atoms with Crippen molar-refractivity contribution < 1.29 is 0 Å². The second-order valence-electron chi connectivity index (χ2n) is 3.98. The molecule has 1 fully saturated rings. The standard InChI is InChI=1S/C11H15Cl2N3.2ClH/c1-8(16-6-4-14-5-7-16)9-2-3-10(12)15-11(9)13;;/h2-3,8,14H,4-7H2,1H3;2*1H/t8-;;/m1../s1. The molecular weight excluding hydrogens is 316 g/mol. The number of rotatable bonds is 2. The number of hydrogen-bond acceptors (Lipinski definition) is 3. The van der Waals surface area contributed by atoms with Crippen LogP contribution in [-0.2, 0) is 0 Å². The molecule has 1 aromatic heterocycles. The Bertz CT molecular complexity index is 369. The highest BCUT2D eigenvalue weighted by molar-refractivity contribution is 6.32. The Morgan fingerprint density at radius 1 is 1.22 bits per heavy atom. The molecule has 1 aliphatic rings. The molecule has 2 heterocycles. The molecule has 3 nitrogen and oxygen atoms in total. The van der Waals surface area contributed by atoms with Gasteiger partial charge in [0.1, 0.15) is 10.3 Å². The highest BCUT2D eigenvalue weighted by atomic mass is 35.5. The Morgan fingerprint density at radius 3 is 2.39 bits per heavy atom. The van der Waals surface area contributed by atoms with E-state index in [2.05, 4.69) is 22.1 Å². The summed E-state index contributed by atoms with van der Waals surface area (Å²) in [6.07, 6.45) is 0. The molecular formula is C11H17Cl4N3. The predicted octanol–water partition coefficient (Wildman–Crippen LogP) is 3.20. The van der Waals surface area contributed by atoms with Crippen molar-refractivity contribution in [3.63, 3.8) is 0 Å². The van der Waals surface area contributed by atoms with Crippen LogP contribution in [-0.4, -0.2) is 36.1 Å². The molecule has 18 heavy (non-hydrogen) atoms. The summed E-state index contributed by atoms with van der Waals surface area (Å²) >= 11 is 11.9. The number of hydrogen-bond donors (Lipinski definition) is 1. The van der Waals surface area contributed by atoms with Gasteiger partial charge in [-0.05, 0) is 13.0 Å². The first-order valence-electron chi connectivity index (χ1n) is 5.45. The molecule has 1 aliphatic heterocycles. The largest absolute Gasteiger partial charge is 0.314 e. The van der Waals surface area contributed by atoms with Crippen LogP contribution in [0.25, 0.3) is 0 Å². The van der Waals surface area contributed by atoms with E-state index in [1.54, 1.807) is 6.07 Å². The Morgan fingerprint density at radius 2 is 1.83 bits per heavy atom. The third-order valence-electron chi connectivity index (χ3n) is 2.99. The molecule has 0 amide bonds. The lowest BCUT2D eigenvalue weighted by Crippen LogP contribution is -2.44. The van der Waals surface area contributed by atoms with Gasteiger partial charge in [-0.15, -0.1) is 24.8 Å². The Hall–Kier alpha value is 0.230. The maximum atomic E-state index is 6.11. The van der Waals surface area contributed by atoms with Crippen LogP contribution in [0.1, 0.15) is 18.5 Å². The summed E-state index contributed by atoms with van der Waals surface area (Å²) in [6.45, 7) is 6.30. The zero-order valence-electron chi connectivity index (χ0n) is 10.0. The minimum Gasteiger partial charge on any atom is -0.314 e. The Kier molecular flexibility index (Phi) is 8.52. The van der Waals surface area contributed by atoms with Gasteiger partial charge in [-0.1, -0.05) is 29.3 Å². The van der Waals surface area contributed by atoms with Crippen LogP contribution in [0.5, 0.6) is 0 Å². The van der Waals surface area contributed by atoms with Crippen molar-refractivity contribution in [2.45, 2.75) is 13.0 Å². The molecule has 0 spiro atoms. The second kappa shape index (κ2) is 8.41. The van der Waals surface area contributed by atoms with E-state index >= 15 is 0 Å². The third kappa shape index (κ3) is 4.41. The minimum atomic E-state index is 0. The lowest BCUT2D eigenvalue weighted by atomic mass is 10.1. The number of piperazine rings is 1. The molecule has 1 N–H and O–H groups in total. The average Bonchev–Trinajstić information content (AvgIpc) is 2.29. The fourth-order valence-corrected chi connectivity index (χ4v) is 2.50. The smallest absolute Gasteiger partial charge is 0.135 e. The maximum absolute atomic E-state index is 6.11. The highest BCUT2D eigenvalue weighted by Crippen LogP contribution is 2.27. The predicted molar refractivity (Wildman–Crippen MR) is 81.6 cm³/mol. The van der Waals surface area contributed by atoms with E-state index in [1.165, 1.54) is 0 Å². The molecule has 104 valence electrons. The first kappa shape index (κ1) is 18.2. The highest BCUT2D eigenvalue weighted by Gasteiger charge is 2.20. The van der Waals surface area contributed by atoms with E-state index in [-0.39, 0.29) is 24.8 Å². The normalized spacial score (nSPS) is 17.5. The molecule has 0 radical (unpaired) electrons. The van der Waals surface area contributed by atoms with E-state index in [9.17, 15) is 0 Å². The van der Waals surface area contributed by atoms with Crippen LogP contribution in [0.2, 0.25) is 10.3 Å². The van der Waals surface area contributed by atoms with Gasteiger partial charge < -0.3 is 5.32 Å². The van der Waals surface area contributed by atoms with Gasteiger partial charge in [0.2, 0.25) is 0 Å². The average molecular weight is 333 g/mol. The van der Waals surface area contributed by atoms with Crippen molar-refractivity contribution >= 4 is 48.0 Å². The maximum Gasteiger partial charge on any atom is 0.135 e. The van der Waals surface area contributed by atoms with Crippen LogP contribution in [0.3, 0.4) is 0 Å². The molecule has 0 unspecified atom stereocenters. The van der Waals surface area contributed by atoms with E-state index in [0.29, 0.717) is 16.3 Å². The van der Waals surface area contributed by atoms with Crippen LogP contribution < -0.4 is 5.32 Å². The van der Waals surface area contributed by atoms with E-state index in [4.69, 9.17) is 23.2 Å². The van der Waals surface area contributed by atoms with Crippen molar-refractivity contribution in [1.29, 1.82) is 0 Å². The number of aromatic nitrogens is 1. The molecule has 0 saturated carbocycles. The molecule has 0 bridgehead atoms. The zero-order valence-corrected chi connectivity index (χ0v) is 13.2. The number of nitrogens with zero attached hydrogens (tertiary/aromatic N) is 2. The first-order valence-corrected chi connectivity index (χ1v) is 6.21. The lowest BCUT2D eigenvalue weighted by molar-refractivity contribution is 0.185. The minimum absolute atomic E-state index is 0. The monoisotopic (exact) mass is 331 g/mol. The molecule has 1 saturated heterocycles. The summed E-state index contributed by atoms with van der Waals surface area (Å²) < 4.78 is 0. The van der Waals surface area contributed by atoms with Gasteiger partial charge in [-0.25, -0.2) is 4.98 Å². The lowest BCUT2D eigenvalue weighted by Gasteiger charge is -2.33. The van der Waals surface area contributed by atoms with Crippen LogP contribution in [0.4, 0.5) is 0 Å². The van der Waals surface area contributed by atoms with Crippen LogP contribution in [0.15, 0.2) is 12.1 Å². The summed E-state index contributed by atoms with van der Waals surface area (Å²) in [6, 6.07) is 4.05. The SMILES string of the molecule is C[C@H](c1ccc(Cl)nc1Cl)N1CCNCC1.Cl.Cl. The van der Waals surface area contributed by atoms with Crippen LogP contribution >= 0.6 is 48.0 Å². The molecule has 1 atom stereocenters. The number of pyridine rings is 1. The summed E-state index contributed by atoms with van der Waals surface area (Å²) in [5.41, 5.74) is 1.05. The summed E-state index contributed by atoms with van der Waals surface area (Å²) in [7, 11) is 0. The van der Waals surface area contributed by atoms with Crippen molar-refractivity contribution in [3.8, 4) is 0 Å². The quantitative estimate of drug-likeness (QED) is 0.843. The first-order chi connectivity index (χ1) is 7.68. The third-order valence-corrected chi connectivity index (χ3v) is 3.51. The van der Waals surface area contributed by atoms with Gasteiger partial charge >= 0.3 is 0 Å². The second-order valence-corrected chi connectivity index (χ2v) is 4.72. The molecule has 0 aliphatic carbocycles. The van der Waals surface area contributed by atoms with Crippen LogP contribution in [0, 0.1) is 0 Å². The fraction of sp³-hybridized carbons (Fsp3) is 0.545. The Labute approximate surface area is 130 Å². The number of halogens is 4. The van der Waals surface area contributed by atoms with Gasteiger partial charge in [-0.3, -0.25) is 4.90 Å². The fourth-order valence-electron chi connectivity index (χ4n) is 2.00. The Balaban J connectivity index is 0.00000144. The van der Waals surface area contributed by atoms with Crippen molar-refractivity contribution in [2.75, 3.05) is 26.2 Å². The van der Waals surface area contributed by atoms with Gasteiger partial charge in [0.05, 0.1) is 0 Å². The summed E-state index contributed by atoms with van der Waals surface area (Å²) in [5, 5.41) is 4.29. The van der Waals surface area contributed by atoms with Crippen molar-refractivity contribution in [2.24, 2.45) is 0 Å². The summed E-state index contributed by atoms with van der Waals surface area (Å²) in [5.74, 6) is 0. The van der Waals surface area contributed by atoms with Gasteiger partial charge in [0, 0.05) is 37.8 Å². The molecule has 7 heteroatoms. The topological polar surface area (TPSA) is 28.2 Å². The van der Waals surface area contributed by atoms with Gasteiger partial charge in [-0.2, -0.15) is 0 Å². The molecule has 0 aromatic carbocycles. The van der Waals surface area contributed by atoms with E-state index in [1.807, 2.05) is 6.07 Å². The molecule has 2 rings (SSSR count). The van der Waals surface area contributed by atoms with E-state index in [0.717, 1.165) is 31.7 Å². The van der Waals surface area contributed by atoms with Crippen molar-refractivity contribution in [3.05, 3.63) is 28.0 Å². The molecule has 1 aromatic rings. The summed E-state index contributed by atoms with van der Waals surface area (Å²) in [4.78, 5) is 6.47. The number of nitrogens with one attached hydrogen (secondary N) is 1. The zero-order chi connectivity index (χ0) is 11.5. The van der Waals surface area contributed by atoms with E-state index < -0.39 is 0 Å².